The molecule has 1 aliphatic heterocycles. The topological polar surface area (TPSA) is 49.5 Å². The van der Waals surface area contributed by atoms with Gasteiger partial charge in [-0.05, 0) is 56.0 Å². The lowest BCUT2D eigenvalue weighted by Gasteiger charge is -2.32. The minimum Gasteiger partial charge on any atom is -0.396 e. The molecule has 0 saturated carbocycles. The summed E-state index contributed by atoms with van der Waals surface area (Å²) in [7, 11) is 0. The first-order valence-corrected chi connectivity index (χ1v) is 7.04. The zero-order valence-corrected chi connectivity index (χ0v) is 11.1. The number of aliphatic hydroxyl groups excluding tert-OH is 1. The number of hydrogen-bond donors (Lipinski definition) is 1. The maximum atomic E-state index is 8.86. The van der Waals surface area contributed by atoms with Crippen LogP contribution in [0.5, 0.6) is 0 Å². The lowest BCUT2D eigenvalue weighted by Crippen LogP contribution is -2.34. The van der Waals surface area contributed by atoms with Crippen LogP contribution in [0.4, 0.5) is 0 Å². The van der Waals surface area contributed by atoms with Gasteiger partial charge in [-0.3, -0.25) is 0 Å². The fraction of sp³-hybridized carbons (Fsp3) is 0.533. The summed E-state index contributed by atoms with van der Waals surface area (Å²) in [6.07, 6.45) is 5.02. The Hall–Kier alpha value is -1.39. The molecule has 4 nitrogen and oxygen atoms in total. The van der Waals surface area contributed by atoms with Gasteiger partial charge in [0.2, 0.25) is 0 Å². The highest BCUT2D eigenvalue weighted by atomic mass is 16.5. The summed E-state index contributed by atoms with van der Waals surface area (Å²) < 4.78 is 5.24. The molecule has 0 radical (unpaired) electrons. The maximum Gasteiger partial charge on any atom is 0.167 e. The molecule has 0 spiro atoms. The number of fused-ring (bicyclic) bond motifs is 1. The molecule has 2 heterocycles. The lowest BCUT2D eigenvalue weighted by molar-refractivity contribution is 0.187. The first kappa shape index (κ1) is 12.6. The van der Waals surface area contributed by atoms with Gasteiger partial charge in [-0.25, -0.2) is 0 Å². The monoisotopic (exact) mass is 260 g/mol. The molecule has 0 unspecified atom stereocenters. The van der Waals surface area contributed by atoms with E-state index in [2.05, 4.69) is 28.3 Å². The number of hydrogen-bond acceptors (Lipinski definition) is 4. The smallest absolute Gasteiger partial charge is 0.167 e. The lowest BCUT2D eigenvalue weighted by atomic mass is 9.89. The van der Waals surface area contributed by atoms with Crippen LogP contribution >= 0.6 is 0 Å². The summed E-state index contributed by atoms with van der Waals surface area (Å²) in [6.45, 7) is 3.56. The van der Waals surface area contributed by atoms with Gasteiger partial charge in [-0.1, -0.05) is 11.2 Å². The van der Waals surface area contributed by atoms with Gasteiger partial charge in [0.15, 0.2) is 5.58 Å². The molecule has 0 bridgehead atoms. The van der Waals surface area contributed by atoms with E-state index in [-0.39, 0.29) is 0 Å². The molecule has 0 atom stereocenters. The average Bonchev–Trinajstić information content (AvgIpc) is 2.93. The molecule has 19 heavy (non-hydrogen) atoms. The van der Waals surface area contributed by atoms with Crippen LogP contribution in [-0.2, 0) is 0 Å². The fourth-order valence-corrected chi connectivity index (χ4v) is 2.91. The van der Waals surface area contributed by atoms with Crippen LogP contribution in [0.15, 0.2) is 28.9 Å². The second-order valence-electron chi connectivity index (χ2n) is 5.32. The van der Waals surface area contributed by atoms with Crippen molar-refractivity contribution in [2.45, 2.75) is 25.2 Å². The van der Waals surface area contributed by atoms with Gasteiger partial charge in [0.05, 0.1) is 6.20 Å². The van der Waals surface area contributed by atoms with Crippen LogP contribution < -0.4 is 0 Å². The van der Waals surface area contributed by atoms with E-state index in [0.717, 1.165) is 37.0 Å². The van der Waals surface area contributed by atoms with Gasteiger partial charge in [0, 0.05) is 18.5 Å². The third kappa shape index (κ3) is 2.80. The molecule has 0 aliphatic carbocycles. The zero-order valence-electron chi connectivity index (χ0n) is 11.1. The molecule has 1 aromatic carbocycles. The standard InChI is InChI=1S/C15H20N2O2/c18-9-1-6-17-7-4-12(5-8-17)13-2-3-14-11-16-19-15(14)10-13/h2-3,10-12,18H,1,4-9H2. The van der Waals surface area contributed by atoms with E-state index in [9.17, 15) is 0 Å². The number of nitrogens with zero attached hydrogens (tertiary/aromatic N) is 2. The molecule has 102 valence electrons. The first-order valence-electron chi connectivity index (χ1n) is 7.04. The molecular formula is C15H20N2O2. The van der Waals surface area contributed by atoms with E-state index in [1.54, 1.807) is 6.20 Å². The molecule has 0 amide bonds. The SMILES string of the molecule is OCCCN1CCC(c2ccc3cnoc3c2)CC1. The van der Waals surface area contributed by atoms with E-state index in [0.29, 0.717) is 12.5 Å². The van der Waals surface area contributed by atoms with Crippen molar-refractivity contribution in [3.63, 3.8) is 0 Å². The predicted molar refractivity (Wildman–Crippen MR) is 74.1 cm³/mol. The number of benzene rings is 1. The van der Waals surface area contributed by atoms with Gasteiger partial charge in [-0.15, -0.1) is 0 Å². The highest BCUT2D eigenvalue weighted by Gasteiger charge is 2.20. The van der Waals surface area contributed by atoms with Crippen LogP contribution in [0.25, 0.3) is 11.0 Å². The summed E-state index contributed by atoms with van der Waals surface area (Å²) in [5.74, 6) is 0.625. The van der Waals surface area contributed by atoms with Crippen LogP contribution in [0.2, 0.25) is 0 Å². The highest BCUT2D eigenvalue weighted by molar-refractivity contribution is 5.76. The predicted octanol–water partition coefficient (Wildman–Crippen LogP) is 2.39. The van der Waals surface area contributed by atoms with Gasteiger partial charge in [0.25, 0.3) is 0 Å². The third-order valence-electron chi connectivity index (χ3n) is 4.07. The summed E-state index contributed by atoms with van der Waals surface area (Å²) in [6, 6.07) is 6.43. The molecule has 1 fully saturated rings. The average molecular weight is 260 g/mol. The van der Waals surface area contributed by atoms with Gasteiger partial charge < -0.3 is 14.5 Å². The molecule has 4 heteroatoms. The second kappa shape index (κ2) is 5.72. The van der Waals surface area contributed by atoms with Crippen molar-refractivity contribution < 1.29 is 9.63 Å². The van der Waals surface area contributed by atoms with E-state index >= 15 is 0 Å². The number of rotatable bonds is 4. The Morgan fingerprint density at radius 3 is 2.95 bits per heavy atom. The number of aromatic nitrogens is 1. The fourth-order valence-electron chi connectivity index (χ4n) is 2.91. The van der Waals surface area contributed by atoms with Crippen molar-refractivity contribution >= 4 is 11.0 Å². The Balaban J connectivity index is 1.64. The minimum atomic E-state index is 0.294. The first-order chi connectivity index (χ1) is 9.36. The molecule has 1 aromatic heterocycles. The van der Waals surface area contributed by atoms with Crippen LogP contribution in [0.3, 0.4) is 0 Å². The Labute approximate surface area is 113 Å². The summed E-state index contributed by atoms with van der Waals surface area (Å²) in [5, 5.41) is 13.8. The Bertz CT molecular complexity index is 530. The summed E-state index contributed by atoms with van der Waals surface area (Å²) >= 11 is 0. The summed E-state index contributed by atoms with van der Waals surface area (Å²) in [5.41, 5.74) is 2.26. The van der Waals surface area contributed by atoms with Gasteiger partial charge >= 0.3 is 0 Å². The quantitative estimate of drug-likeness (QED) is 0.917. The Morgan fingerprint density at radius 2 is 2.16 bits per heavy atom. The van der Waals surface area contributed by atoms with E-state index in [1.807, 2.05) is 0 Å². The van der Waals surface area contributed by atoms with E-state index in [4.69, 9.17) is 9.63 Å². The number of aliphatic hydroxyl groups is 1. The van der Waals surface area contributed by atoms with E-state index in [1.165, 1.54) is 18.4 Å². The second-order valence-corrected chi connectivity index (χ2v) is 5.32. The minimum absolute atomic E-state index is 0.294. The number of likely N-dealkylation sites (tertiary alicyclic amines) is 1. The molecule has 2 aromatic rings. The Kier molecular flexibility index (Phi) is 3.80. The Morgan fingerprint density at radius 1 is 1.32 bits per heavy atom. The van der Waals surface area contributed by atoms with Gasteiger partial charge in [0.1, 0.15) is 0 Å². The zero-order chi connectivity index (χ0) is 13.1. The maximum absolute atomic E-state index is 8.86. The largest absolute Gasteiger partial charge is 0.396 e. The normalized spacial score (nSPS) is 18.2. The molecule has 3 rings (SSSR count). The van der Waals surface area contributed by atoms with Crippen molar-refractivity contribution in [2.75, 3.05) is 26.2 Å². The molecular weight excluding hydrogens is 240 g/mol. The van der Waals surface area contributed by atoms with Crippen molar-refractivity contribution in [1.29, 1.82) is 0 Å². The highest BCUT2D eigenvalue weighted by Crippen LogP contribution is 2.30. The number of piperidine rings is 1. The van der Waals surface area contributed by atoms with Crippen molar-refractivity contribution in [1.82, 2.24) is 10.1 Å². The van der Waals surface area contributed by atoms with Crippen LogP contribution in [0.1, 0.15) is 30.7 Å². The van der Waals surface area contributed by atoms with Crippen molar-refractivity contribution in [2.24, 2.45) is 0 Å². The van der Waals surface area contributed by atoms with Crippen molar-refractivity contribution in [3.8, 4) is 0 Å². The molecule has 1 aliphatic rings. The molecule has 1 N–H and O–H groups in total. The van der Waals surface area contributed by atoms with Gasteiger partial charge in [-0.2, -0.15) is 0 Å². The third-order valence-corrected chi connectivity index (χ3v) is 4.07. The summed E-state index contributed by atoms with van der Waals surface area (Å²) in [4.78, 5) is 2.44. The van der Waals surface area contributed by atoms with Crippen LogP contribution in [0, 0.1) is 0 Å². The molecule has 1 saturated heterocycles. The van der Waals surface area contributed by atoms with E-state index < -0.39 is 0 Å². The van der Waals surface area contributed by atoms with Crippen molar-refractivity contribution in [3.05, 3.63) is 30.0 Å². The van der Waals surface area contributed by atoms with Crippen LogP contribution in [-0.4, -0.2) is 41.4 Å².